The molecule has 2 heterocycles. The van der Waals surface area contributed by atoms with Gasteiger partial charge in [-0.15, -0.1) is 0 Å². The Kier molecular flexibility index (Phi) is 6.77. The van der Waals surface area contributed by atoms with Gasteiger partial charge in [-0.1, -0.05) is 13.0 Å². The Morgan fingerprint density at radius 1 is 1.15 bits per heavy atom. The Labute approximate surface area is 194 Å². The molecule has 4 rings (SSSR count). The van der Waals surface area contributed by atoms with Crippen LogP contribution in [0.1, 0.15) is 22.8 Å². The summed E-state index contributed by atoms with van der Waals surface area (Å²) < 4.78 is 36.3. The van der Waals surface area contributed by atoms with Gasteiger partial charge in [-0.25, -0.2) is 9.37 Å². The normalized spacial score (nSPS) is 12.6. The molecule has 2 amide bonds. The molecule has 1 aliphatic rings. The van der Waals surface area contributed by atoms with Gasteiger partial charge in [0.25, 0.3) is 5.91 Å². The van der Waals surface area contributed by atoms with Gasteiger partial charge in [0.2, 0.25) is 18.6 Å². The maximum atomic E-state index is 14.5. The molecule has 1 aliphatic heterocycles. The van der Waals surface area contributed by atoms with Crippen molar-refractivity contribution < 1.29 is 32.9 Å². The number of hydrogen-bond donors (Lipinski definition) is 2. The lowest BCUT2D eigenvalue weighted by Gasteiger charge is -2.12. The monoisotopic (exact) mass is 467 g/mol. The van der Waals surface area contributed by atoms with Gasteiger partial charge in [0.15, 0.2) is 11.5 Å². The van der Waals surface area contributed by atoms with Crippen molar-refractivity contribution in [2.45, 2.75) is 13.5 Å². The second-order valence-corrected chi connectivity index (χ2v) is 7.52. The standard InChI is InChI=1S/C24H22FN3O6/c1-14(22(26)29)12-31-16-5-4-15(19(25)9-16)11-28-23(30)18-3-2-8-27-24(18)34-17-6-7-20-21(10-17)33-13-32-20/h2-10,14H,11-13H2,1H3,(H2,26,29)(H,28,30)/t14-/m0/s1. The molecule has 0 fully saturated rings. The summed E-state index contributed by atoms with van der Waals surface area (Å²) in [6.07, 6.45) is 1.50. The Morgan fingerprint density at radius 2 is 1.94 bits per heavy atom. The molecule has 0 spiro atoms. The number of carbonyl (C=O) groups is 2. The molecule has 0 radical (unpaired) electrons. The molecule has 1 atom stereocenters. The molecule has 0 saturated carbocycles. The largest absolute Gasteiger partial charge is 0.493 e. The number of benzene rings is 2. The zero-order valence-corrected chi connectivity index (χ0v) is 18.2. The van der Waals surface area contributed by atoms with Gasteiger partial charge < -0.3 is 30.0 Å². The Bertz CT molecular complexity index is 1220. The van der Waals surface area contributed by atoms with Crippen LogP contribution in [0.3, 0.4) is 0 Å². The SMILES string of the molecule is C[C@@H](COc1ccc(CNC(=O)c2cccnc2Oc2ccc3c(c2)OCO3)c(F)c1)C(N)=O. The van der Waals surface area contributed by atoms with E-state index in [2.05, 4.69) is 10.3 Å². The average Bonchev–Trinajstić information content (AvgIpc) is 3.30. The summed E-state index contributed by atoms with van der Waals surface area (Å²) >= 11 is 0. The van der Waals surface area contributed by atoms with Crippen LogP contribution in [0.4, 0.5) is 4.39 Å². The summed E-state index contributed by atoms with van der Waals surface area (Å²) in [7, 11) is 0. The number of nitrogens with two attached hydrogens (primary N) is 1. The van der Waals surface area contributed by atoms with Gasteiger partial charge in [-0.3, -0.25) is 9.59 Å². The number of amides is 2. The fourth-order valence-electron chi connectivity index (χ4n) is 3.03. The van der Waals surface area contributed by atoms with Crippen LogP contribution in [0.15, 0.2) is 54.7 Å². The molecule has 3 aromatic rings. The van der Waals surface area contributed by atoms with Gasteiger partial charge in [-0.05, 0) is 30.3 Å². The van der Waals surface area contributed by atoms with Crippen molar-refractivity contribution in [2.24, 2.45) is 11.7 Å². The lowest BCUT2D eigenvalue weighted by molar-refractivity contribution is -0.122. The summed E-state index contributed by atoms with van der Waals surface area (Å²) in [6, 6.07) is 12.4. The van der Waals surface area contributed by atoms with Crippen molar-refractivity contribution in [2.75, 3.05) is 13.4 Å². The van der Waals surface area contributed by atoms with E-state index in [0.717, 1.165) is 0 Å². The minimum atomic E-state index is -0.562. The third kappa shape index (κ3) is 5.34. The quantitative estimate of drug-likeness (QED) is 0.496. The van der Waals surface area contributed by atoms with Gasteiger partial charge in [0.05, 0.1) is 12.5 Å². The number of carbonyl (C=O) groups excluding carboxylic acids is 2. The van der Waals surface area contributed by atoms with Crippen molar-refractivity contribution in [1.29, 1.82) is 0 Å². The van der Waals surface area contributed by atoms with E-state index >= 15 is 0 Å². The van der Waals surface area contributed by atoms with Gasteiger partial charge >= 0.3 is 0 Å². The predicted octanol–water partition coefficient (Wildman–Crippen LogP) is 3.17. The van der Waals surface area contributed by atoms with Gasteiger partial charge in [-0.2, -0.15) is 0 Å². The van der Waals surface area contributed by atoms with Crippen LogP contribution >= 0.6 is 0 Å². The molecular weight excluding hydrogens is 445 g/mol. The maximum absolute atomic E-state index is 14.5. The number of nitrogens with one attached hydrogen (secondary N) is 1. The second-order valence-electron chi connectivity index (χ2n) is 7.52. The van der Waals surface area contributed by atoms with E-state index in [9.17, 15) is 14.0 Å². The van der Waals surface area contributed by atoms with Crippen molar-refractivity contribution >= 4 is 11.8 Å². The van der Waals surface area contributed by atoms with Crippen LogP contribution in [0.5, 0.6) is 28.9 Å². The van der Waals surface area contributed by atoms with Crippen LogP contribution in [0.25, 0.3) is 0 Å². The van der Waals surface area contributed by atoms with Gasteiger partial charge in [0.1, 0.15) is 22.9 Å². The summed E-state index contributed by atoms with van der Waals surface area (Å²) in [4.78, 5) is 28.0. The Hall–Kier alpha value is -4.34. The van der Waals surface area contributed by atoms with E-state index in [-0.39, 0.29) is 42.7 Å². The average molecular weight is 467 g/mol. The van der Waals surface area contributed by atoms with E-state index in [4.69, 9.17) is 24.7 Å². The first-order valence-corrected chi connectivity index (χ1v) is 10.4. The van der Waals surface area contributed by atoms with Crippen molar-refractivity contribution in [1.82, 2.24) is 10.3 Å². The number of primary amides is 1. The number of hydrogen-bond acceptors (Lipinski definition) is 7. The number of rotatable bonds is 9. The van der Waals surface area contributed by atoms with Gasteiger partial charge in [0, 0.05) is 30.4 Å². The highest BCUT2D eigenvalue weighted by Crippen LogP contribution is 2.36. The van der Waals surface area contributed by atoms with Crippen LogP contribution in [0.2, 0.25) is 0 Å². The predicted molar refractivity (Wildman–Crippen MR) is 118 cm³/mol. The Morgan fingerprint density at radius 3 is 2.74 bits per heavy atom. The first-order valence-electron chi connectivity index (χ1n) is 10.4. The molecule has 0 bridgehead atoms. The first-order chi connectivity index (χ1) is 16.4. The summed E-state index contributed by atoms with van der Waals surface area (Å²) in [5.41, 5.74) is 5.62. The van der Waals surface area contributed by atoms with Crippen molar-refractivity contribution in [3.8, 4) is 28.9 Å². The third-order valence-corrected chi connectivity index (χ3v) is 5.02. The molecule has 0 aliphatic carbocycles. The molecule has 0 unspecified atom stereocenters. The summed E-state index contributed by atoms with van der Waals surface area (Å²) in [5, 5.41) is 2.66. The number of fused-ring (bicyclic) bond motifs is 1. The molecule has 10 heteroatoms. The fourth-order valence-corrected chi connectivity index (χ4v) is 3.03. The van der Waals surface area contributed by atoms with Crippen molar-refractivity contribution in [3.63, 3.8) is 0 Å². The number of nitrogens with zero attached hydrogens (tertiary/aromatic N) is 1. The second kappa shape index (κ2) is 10.1. The smallest absolute Gasteiger partial charge is 0.257 e. The minimum absolute atomic E-state index is 0.0397. The molecule has 2 aromatic carbocycles. The summed E-state index contributed by atoms with van der Waals surface area (Å²) in [5.74, 6) is -0.152. The molecule has 0 saturated heterocycles. The highest BCUT2D eigenvalue weighted by molar-refractivity contribution is 5.96. The molecule has 176 valence electrons. The minimum Gasteiger partial charge on any atom is -0.493 e. The number of halogens is 1. The van der Waals surface area contributed by atoms with Crippen LogP contribution in [0, 0.1) is 11.7 Å². The molecule has 9 nitrogen and oxygen atoms in total. The van der Waals surface area contributed by atoms with E-state index in [1.165, 1.54) is 18.3 Å². The third-order valence-electron chi connectivity index (χ3n) is 5.02. The lowest BCUT2D eigenvalue weighted by Crippen LogP contribution is -2.26. The van der Waals surface area contributed by atoms with Crippen molar-refractivity contribution in [3.05, 3.63) is 71.7 Å². The fraction of sp³-hybridized carbons (Fsp3) is 0.208. The van der Waals surface area contributed by atoms with E-state index in [0.29, 0.717) is 17.2 Å². The summed E-state index contributed by atoms with van der Waals surface area (Å²) in [6.45, 7) is 1.72. The highest BCUT2D eigenvalue weighted by atomic mass is 19.1. The van der Waals surface area contributed by atoms with E-state index < -0.39 is 23.5 Å². The maximum Gasteiger partial charge on any atom is 0.257 e. The molecule has 34 heavy (non-hydrogen) atoms. The zero-order valence-electron chi connectivity index (χ0n) is 18.2. The van der Waals surface area contributed by atoms with Crippen LogP contribution < -0.4 is 30.0 Å². The number of ether oxygens (including phenoxy) is 4. The highest BCUT2D eigenvalue weighted by Gasteiger charge is 2.18. The topological polar surface area (TPSA) is 122 Å². The van der Waals surface area contributed by atoms with E-state index in [1.54, 1.807) is 43.3 Å². The Balaban J connectivity index is 1.39. The van der Waals surface area contributed by atoms with E-state index in [1.807, 2.05) is 0 Å². The molecule has 3 N–H and O–H groups in total. The van der Waals surface area contributed by atoms with Crippen LogP contribution in [-0.4, -0.2) is 30.2 Å². The number of aromatic nitrogens is 1. The zero-order chi connectivity index (χ0) is 24.1. The first kappa shape index (κ1) is 22.8. The van der Waals surface area contributed by atoms with Crippen LogP contribution in [-0.2, 0) is 11.3 Å². The molecular formula is C24H22FN3O6. The molecule has 1 aromatic heterocycles. The number of pyridine rings is 1. The lowest BCUT2D eigenvalue weighted by atomic mass is 10.1.